The monoisotopic (exact) mass is 254 g/mol. The Morgan fingerprint density at radius 3 is 3.00 bits per heavy atom. The molecule has 2 heterocycles. The third-order valence-electron chi connectivity index (χ3n) is 1.91. The van der Waals surface area contributed by atoms with E-state index in [1.54, 1.807) is 18.3 Å². The molecular weight excluding hydrogens is 248 g/mol. The normalized spacial score (nSPS) is 10.7. The Hall–Kier alpha value is -1.20. The van der Waals surface area contributed by atoms with Crippen LogP contribution >= 0.6 is 15.9 Å². The number of fused-ring (bicyclic) bond motifs is 1. The number of aliphatic hydroxyl groups is 1. The van der Waals surface area contributed by atoms with Crippen molar-refractivity contribution in [3.8, 4) is 0 Å². The van der Waals surface area contributed by atoms with E-state index in [4.69, 9.17) is 5.11 Å². The molecule has 0 spiro atoms. The van der Waals surface area contributed by atoms with Gasteiger partial charge in [0.05, 0.1) is 12.2 Å². The maximum atomic E-state index is 11.7. The molecule has 0 atom stereocenters. The van der Waals surface area contributed by atoms with E-state index in [0.717, 1.165) is 4.47 Å². The molecule has 0 saturated heterocycles. The van der Waals surface area contributed by atoms with Crippen LogP contribution in [0.4, 0.5) is 0 Å². The van der Waals surface area contributed by atoms with Gasteiger partial charge in [-0.15, -0.1) is 0 Å². The van der Waals surface area contributed by atoms with Crippen LogP contribution in [0.15, 0.2) is 33.8 Å². The van der Waals surface area contributed by atoms with E-state index in [2.05, 4.69) is 20.9 Å². The molecule has 0 aliphatic rings. The molecule has 0 fully saturated rings. The first kappa shape index (κ1) is 9.36. The van der Waals surface area contributed by atoms with Gasteiger partial charge in [0.25, 0.3) is 5.56 Å². The lowest BCUT2D eigenvalue weighted by atomic mass is 10.3. The van der Waals surface area contributed by atoms with E-state index >= 15 is 0 Å². The number of nitrogens with zero attached hydrogens (tertiary/aromatic N) is 2. The second kappa shape index (κ2) is 3.51. The maximum Gasteiger partial charge on any atom is 0.263 e. The van der Waals surface area contributed by atoms with Gasteiger partial charge in [-0.05, 0) is 28.1 Å². The van der Waals surface area contributed by atoms with Gasteiger partial charge in [0.1, 0.15) is 5.65 Å². The Morgan fingerprint density at radius 2 is 2.29 bits per heavy atom. The number of aromatic nitrogens is 2. The Bertz CT molecular complexity index is 536. The topological polar surface area (TPSA) is 54.6 Å². The highest BCUT2D eigenvalue weighted by Gasteiger charge is 2.03. The fourth-order valence-corrected chi connectivity index (χ4v) is 1.53. The number of aliphatic hydroxyl groups excluding tert-OH is 1. The molecule has 2 aromatic rings. The van der Waals surface area contributed by atoms with E-state index < -0.39 is 0 Å². The van der Waals surface area contributed by atoms with Crippen molar-refractivity contribution in [2.75, 3.05) is 0 Å². The quantitative estimate of drug-likeness (QED) is 0.825. The fraction of sp³-hybridized carbons (Fsp3) is 0.111. The summed E-state index contributed by atoms with van der Waals surface area (Å²) in [6.45, 7) is -0.290. The predicted octanol–water partition coefficient (Wildman–Crippen LogP) is 0.949. The summed E-state index contributed by atoms with van der Waals surface area (Å²) < 4.78 is 2.19. The van der Waals surface area contributed by atoms with Gasteiger partial charge in [0.15, 0.2) is 0 Å². The molecule has 0 radical (unpaired) electrons. The molecule has 14 heavy (non-hydrogen) atoms. The Morgan fingerprint density at radius 1 is 1.50 bits per heavy atom. The molecule has 5 heteroatoms. The number of halogens is 1. The Balaban J connectivity index is 2.87. The summed E-state index contributed by atoms with van der Waals surface area (Å²) in [7, 11) is 0. The van der Waals surface area contributed by atoms with Crippen molar-refractivity contribution < 1.29 is 5.11 Å². The molecule has 4 nitrogen and oxygen atoms in total. The van der Waals surface area contributed by atoms with Crippen LogP contribution in [0, 0.1) is 0 Å². The first-order chi connectivity index (χ1) is 6.72. The largest absolute Gasteiger partial charge is 0.391 e. The highest BCUT2D eigenvalue weighted by Crippen LogP contribution is 2.08. The van der Waals surface area contributed by atoms with Crippen LogP contribution in [0.2, 0.25) is 0 Å². The van der Waals surface area contributed by atoms with Crippen molar-refractivity contribution in [3.63, 3.8) is 0 Å². The molecule has 2 aromatic heterocycles. The summed E-state index contributed by atoms with van der Waals surface area (Å²) in [5, 5.41) is 8.88. The average Bonchev–Trinajstić information content (AvgIpc) is 2.20. The minimum atomic E-state index is -0.290. The zero-order chi connectivity index (χ0) is 10.1. The molecule has 0 bridgehead atoms. The predicted molar refractivity (Wildman–Crippen MR) is 55.1 cm³/mol. The van der Waals surface area contributed by atoms with Crippen LogP contribution in [0.25, 0.3) is 5.65 Å². The van der Waals surface area contributed by atoms with Crippen LogP contribution in [0.5, 0.6) is 0 Å². The molecule has 2 rings (SSSR count). The lowest BCUT2D eigenvalue weighted by Crippen LogP contribution is -2.19. The van der Waals surface area contributed by atoms with Gasteiger partial charge in [0, 0.05) is 16.9 Å². The summed E-state index contributed by atoms with van der Waals surface area (Å²) >= 11 is 3.26. The molecule has 0 aromatic carbocycles. The molecule has 72 valence electrons. The van der Waals surface area contributed by atoms with Crippen molar-refractivity contribution in [1.29, 1.82) is 0 Å². The number of pyridine rings is 1. The number of rotatable bonds is 1. The smallest absolute Gasteiger partial charge is 0.263 e. The van der Waals surface area contributed by atoms with Gasteiger partial charge < -0.3 is 5.11 Å². The Labute approximate surface area is 88.0 Å². The summed E-state index contributed by atoms with van der Waals surface area (Å²) in [6, 6.07) is 3.53. The van der Waals surface area contributed by atoms with Crippen LogP contribution in [-0.4, -0.2) is 14.5 Å². The Kier molecular flexibility index (Phi) is 2.35. The van der Waals surface area contributed by atoms with E-state index in [1.165, 1.54) is 10.6 Å². The van der Waals surface area contributed by atoms with Crippen LogP contribution in [0.3, 0.4) is 0 Å². The molecule has 1 N–H and O–H groups in total. The first-order valence-electron chi connectivity index (χ1n) is 3.99. The maximum absolute atomic E-state index is 11.7. The molecule has 0 aliphatic carbocycles. The van der Waals surface area contributed by atoms with Crippen LogP contribution < -0.4 is 5.56 Å². The summed E-state index contributed by atoms with van der Waals surface area (Å²) in [6.07, 6.45) is 3.02. The lowest BCUT2D eigenvalue weighted by molar-refractivity contribution is 0.279. The molecular formula is C9H7BrN2O2. The van der Waals surface area contributed by atoms with Crippen molar-refractivity contribution in [3.05, 3.63) is 44.9 Å². The summed E-state index contributed by atoms with van der Waals surface area (Å²) in [5.74, 6) is 0. The molecule has 0 amide bonds. The van der Waals surface area contributed by atoms with Gasteiger partial charge >= 0.3 is 0 Å². The second-order valence-corrected chi connectivity index (χ2v) is 3.74. The van der Waals surface area contributed by atoms with Crippen LogP contribution in [0.1, 0.15) is 5.56 Å². The average molecular weight is 255 g/mol. The molecule has 0 unspecified atom stereocenters. The van der Waals surface area contributed by atoms with Crippen molar-refractivity contribution >= 4 is 21.6 Å². The number of hydrogen-bond donors (Lipinski definition) is 1. The van der Waals surface area contributed by atoms with Crippen LogP contribution in [-0.2, 0) is 6.61 Å². The highest BCUT2D eigenvalue weighted by atomic mass is 79.9. The third-order valence-corrected chi connectivity index (χ3v) is 2.38. The van der Waals surface area contributed by atoms with Gasteiger partial charge in [-0.3, -0.25) is 9.20 Å². The zero-order valence-electron chi connectivity index (χ0n) is 7.14. The minimum Gasteiger partial charge on any atom is -0.391 e. The van der Waals surface area contributed by atoms with Crippen molar-refractivity contribution in [2.45, 2.75) is 6.61 Å². The van der Waals surface area contributed by atoms with E-state index in [9.17, 15) is 4.79 Å². The molecule has 0 saturated carbocycles. The van der Waals surface area contributed by atoms with E-state index in [1.807, 2.05) is 0 Å². The lowest BCUT2D eigenvalue weighted by Gasteiger charge is -2.01. The molecule has 0 aliphatic heterocycles. The standard InChI is InChI=1S/C9H7BrN2O2/c10-7-1-2-8-11-3-6(5-13)9(14)12(8)4-7/h1-4,13H,5H2. The number of hydrogen-bond acceptors (Lipinski definition) is 3. The van der Waals surface area contributed by atoms with Crippen molar-refractivity contribution in [2.24, 2.45) is 0 Å². The van der Waals surface area contributed by atoms with Gasteiger partial charge in [-0.1, -0.05) is 0 Å². The second-order valence-electron chi connectivity index (χ2n) is 2.82. The fourth-order valence-electron chi connectivity index (χ4n) is 1.20. The van der Waals surface area contributed by atoms with Crippen molar-refractivity contribution in [1.82, 2.24) is 9.38 Å². The highest BCUT2D eigenvalue weighted by molar-refractivity contribution is 9.10. The SMILES string of the molecule is O=c1c(CO)cnc2ccc(Br)cn12. The third kappa shape index (κ3) is 1.44. The summed E-state index contributed by atoms with van der Waals surface area (Å²) in [4.78, 5) is 15.7. The first-order valence-corrected chi connectivity index (χ1v) is 4.78. The van der Waals surface area contributed by atoms with Gasteiger partial charge in [-0.25, -0.2) is 4.98 Å². The minimum absolute atomic E-state index is 0.237. The zero-order valence-corrected chi connectivity index (χ0v) is 8.73. The van der Waals surface area contributed by atoms with E-state index in [0.29, 0.717) is 11.2 Å². The summed E-state index contributed by atoms with van der Waals surface area (Å²) in [5.41, 5.74) is 0.620. The van der Waals surface area contributed by atoms with Gasteiger partial charge in [-0.2, -0.15) is 0 Å². The van der Waals surface area contributed by atoms with Gasteiger partial charge in [0.2, 0.25) is 0 Å². The van der Waals surface area contributed by atoms with E-state index in [-0.39, 0.29) is 12.2 Å².